The maximum absolute atomic E-state index is 13.1. The Kier molecular flexibility index (Phi) is 5.32. The third kappa shape index (κ3) is 5.33. The molecule has 0 aliphatic carbocycles. The van der Waals surface area contributed by atoms with Crippen molar-refractivity contribution < 1.29 is 31.5 Å². The van der Waals surface area contributed by atoms with Crippen molar-refractivity contribution in [3.63, 3.8) is 0 Å². The number of ether oxygens (including phenoxy) is 1. The van der Waals surface area contributed by atoms with E-state index >= 15 is 0 Å². The van der Waals surface area contributed by atoms with Crippen molar-refractivity contribution in [1.82, 2.24) is 10.6 Å². The minimum absolute atomic E-state index is 0.0479. The second kappa shape index (κ2) is 6.92. The van der Waals surface area contributed by atoms with E-state index in [1.54, 1.807) is 6.92 Å². The Morgan fingerprint density at radius 3 is 2.50 bits per heavy atom. The van der Waals surface area contributed by atoms with Gasteiger partial charge in [-0.05, 0) is 24.6 Å². The lowest BCUT2D eigenvalue weighted by Gasteiger charge is -2.18. The maximum atomic E-state index is 13.1. The van der Waals surface area contributed by atoms with Gasteiger partial charge in [0.2, 0.25) is 5.91 Å². The Bertz CT molecular complexity index is 574. The average Bonchev–Trinajstić information content (AvgIpc) is 2.85. The third-order valence-electron chi connectivity index (χ3n) is 3.57. The van der Waals surface area contributed by atoms with Crippen molar-refractivity contribution in [1.29, 1.82) is 0 Å². The molecule has 1 aromatic carbocycles. The van der Waals surface area contributed by atoms with Crippen LogP contribution in [0.2, 0.25) is 0 Å². The molecule has 4 nitrogen and oxygen atoms in total. The van der Waals surface area contributed by atoms with Crippen molar-refractivity contribution in [2.75, 3.05) is 13.2 Å². The van der Waals surface area contributed by atoms with Crippen LogP contribution >= 0.6 is 0 Å². The predicted octanol–water partition coefficient (Wildman–Crippen LogP) is 2.80. The quantitative estimate of drug-likeness (QED) is 0.802. The van der Waals surface area contributed by atoms with Gasteiger partial charge in [0.25, 0.3) is 5.92 Å². The Balaban J connectivity index is 1.88. The second-order valence-corrected chi connectivity index (χ2v) is 5.70. The molecule has 0 spiro atoms. The molecule has 2 atom stereocenters. The zero-order valence-corrected chi connectivity index (χ0v) is 12.8. The van der Waals surface area contributed by atoms with Gasteiger partial charge in [0.15, 0.2) is 6.61 Å². The largest absolute Gasteiger partial charge is 0.484 e. The highest BCUT2D eigenvalue weighted by molar-refractivity contribution is 5.82. The van der Waals surface area contributed by atoms with E-state index in [0.29, 0.717) is 5.56 Å². The fourth-order valence-corrected chi connectivity index (χ4v) is 2.32. The first-order valence-corrected chi connectivity index (χ1v) is 7.27. The van der Waals surface area contributed by atoms with Crippen molar-refractivity contribution in [3.8, 4) is 5.75 Å². The van der Waals surface area contributed by atoms with Crippen molar-refractivity contribution in [2.24, 2.45) is 0 Å². The molecular weight excluding hydrogens is 335 g/mol. The first kappa shape index (κ1) is 18.4. The van der Waals surface area contributed by atoms with Gasteiger partial charge in [0.05, 0.1) is 18.6 Å². The van der Waals surface area contributed by atoms with Crippen molar-refractivity contribution in [3.05, 3.63) is 29.8 Å². The molecule has 1 fully saturated rings. The molecule has 1 amide bonds. The molecule has 9 heteroatoms. The lowest BCUT2D eigenvalue weighted by Crippen LogP contribution is -2.41. The van der Waals surface area contributed by atoms with Crippen LogP contribution < -0.4 is 15.4 Å². The van der Waals surface area contributed by atoms with E-state index in [0.717, 1.165) is 0 Å². The van der Waals surface area contributed by atoms with E-state index in [1.807, 2.05) is 0 Å². The highest BCUT2D eigenvalue weighted by atomic mass is 19.4. The fraction of sp³-hybridized carbons (Fsp3) is 0.533. The first-order valence-electron chi connectivity index (χ1n) is 7.27. The van der Waals surface area contributed by atoms with Crippen LogP contribution in [-0.4, -0.2) is 37.2 Å². The molecule has 1 aromatic rings. The van der Waals surface area contributed by atoms with Crippen LogP contribution in [0.15, 0.2) is 24.3 Å². The van der Waals surface area contributed by atoms with Gasteiger partial charge in [-0.15, -0.1) is 0 Å². The van der Waals surface area contributed by atoms with E-state index in [2.05, 4.69) is 15.4 Å². The van der Waals surface area contributed by atoms with Gasteiger partial charge in [0, 0.05) is 6.42 Å². The molecule has 24 heavy (non-hydrogen) atoms. The minimum Gasteiger partial charge on any atom is -0.484 e. The molecule has 2 N–H and O–H groups in total. The number of hydrogen-bond acceptors (Lipinski definition) is 3. The summed E-state index contributed by atoms with van der Waals surface area (Å²) < 4.78 is 66.9. The molecule has 1 heterocycles. The number of amides is 1. The average molecular weight is 352 g/mol. The van der Waals surface area contributed by atoms with Crippen molar-refractivity contribution in [2.45, 2.75) is 37.5 Å². The second-order valence-electron chi connectivity index (χ2n) is 5.70. The molecule has 0 aromatic heterocycles. The zero-order chi connectivity index (χ0) is 18.0. The lowest BCUT2D eigenvalue weighted by molar-refractivity contribution is -0.153. The van der Waals surface area contributed by atoms with Gasteiger partial charge in [-0.3, -0.25) is 10.1 Å². The zero-order valence-electron chi connectivity index (χ0n) is 12.8. The molecule has 0 radical (unpaired) electrons. The molecule has 1 aliphatic heterocycles. The molecule has 134 valence electrons. The van der Waals surface area contributed by atoms with Gasteiger partial charge >= 0.3 is 6.18 Å². The van der Waals surface area contributed by atoms with Gasteiger partial charge in [-0.2, -0.15) is 13.2 Å². The van der Waals surface area contributed by atoms with Crippen LogP contribution in [0.4, 0.5) is 22.0 Å². The molecule has 0 bridgehead atoms. The predicted molar refractivity (Wildman–Crippen MR) is 75.9 cm³/mol. The van der Waals surface area contributed by atoms with Gasteiger partial charge in [-0.25, -0.2) is 8.78 Å². The van der Waals surface area contributed by atoms with Crippen LogP contribution in [0.3, 0.4) is 0 Å². The van der Waals surface area contributed by atoms with E-state index in [4.69, 9.17) is 0 Å². The third-order valence-corrected chi connectivity index (χ3v) is 3.57. The van der Waals surface area contributed by atoms with Crippen LogP contribution in [0.25, 0.3) is 0 Å². The van der Waals surface area contributed by atoms with Gasteiger partial charge in [-0.1, -0.05) is 12.1 Å². The molecule has 2 unspecified atom stereocenters. The standard InChI is InChI=1S/C15H17F5N2O2/c1-9(22-13(23)12-6-14(16,17)7-21-12)10-2-4-11(5-3-10)24-8-15(18,19)20/h2-5,9,12,21H,6-8H2,1H3,(H,22,23). The Labute approximate surface area is 135 Å². The number of rotatable bonds is 5. The summed E-state index contributed by atoms with van der Waals surface area (Å²) in [5.74, 6) is -3.40. The lowest BCUT2D eigenvalue weighted by atomic mass is 10.1. The summed E-state index contributed by atoms with van der Waals surface area (Å²) in [6.45, 7) is -0.276. The molecule has 2 rings (SSSR count). The number of halogens is 5. The summed E-state index contributed by atoms with van der Waals surface area (Å²) in [4.78, 5) is 11.9. The summed E-state index contributed by atoms with van der Waals surface area (Å²) in [5, 5.41) is 5.05. The minimum atomic E-state index is -4.42. The molecule has 1 saturated heterocycles. The smallest absolute Gasteiger partial charge is 0.422 e. The number of alkyl halides is 5. The van der Waals surface area contributed by atoms with Crippen LogP contribution in [0.1, 0.15) is 24.9 Å². The maximum Gasteiger partial charge on any atom is 0.422 e. The van der Waals surface area contributed by atoms with Crippen LogP contribution in [0.5, 0.6) is 5.75 Å². The highest BCUT2D eigenvalue weighted by Gasteiger charge is 2.42. The molecule has 1 aliphatic rings. The van der Waals surface area contributed by atoms with E-state index < -0.39 is 49.7 Å². The number of benzene rings is 1. The summed E-state index contributed by atoms with van der Waals surface area (Å²) in [5.41, 5.74) is 0.618. The highest BCUT2D eigenvalue weighted by Crippen LogP contribution is 2.26. The number of carbonyl (C=O) groups is 1. The van der Waals surface area contributed by atoms with Crippen LogP contribution in [-0.2, 0) is 4.79 Å². The molecule has 0 saturated carbocycles. The summed E-state index contributed by atoms with van der Waals surface area (Å²) in [6.07, 6.45) is -4.98. The number of carbonyl (C=O) groups excluding carboxylic acids is 1. The van der Waals surface area contributed by atoms with E-state index in [1.165, 1.54) is 24.3 Å². The van der Waals surface area contributed by atoms with Gasteiger partial charge < -0.3 is 10.1 Å². The first-order chi connectivity index (χ1) is 11.1. The fourth-order valence-electron chi connectivity index (χ4n) is 2.32. The Morgan fingerprint density at radius 2 is 2.00 bits per heavy atom. The monoisotopic (exact) mass is 352 g/mol. The number of nitrogens with one attached hydrogen (secondary N) is 2. The Morgan fingerprint density at radius 1 is 1.38 bits per heavy atom. The molecular formula is C15H17F5N2O2. The van der Waals surface area contributed by atoms with Crippen molar-refractivity contribution >= 4 is 5.91 Å². The summed E-state index contributed by atoms with van der Waals surface area (Å²) in [7, 11) is 0. The SMILES string of the molecule is CC(NC(=O)C1CC(F)(F)CN1)c1ccc(OCC(F)(F)F)cc1. The Hall–Kier alpha value is -1.90. The topological polar surface area (TPSA) is 50.4 Å². The number of hydrogen-bond donors (Lipinski definition) is 2. The summed E-state index contributed by atoms with van der Waals surface area (Å²) >= 11 is 0. The normalized spacial score (nSPS) is 21.3. The van der Waals surface area contributed by atoms with E-state index in [9.17, 15) is 26.7 Å². The summed E-state index contributed by atoms with van der Waals surface area (Å²) in [6, 6.07) is 4.28. The van der Waals surface area contributed by atoms with E-state index in [-0.39, 0.29) is 5.75 Å². The van der Waals surface area contributed by atoms with Crippen LogP contribution in [0, 0.1) is 0 Å². The van der Waals surface area contributed by atoms with Gasteiger partial charge in [0.1, 0.15) is 5.75 Å².